The molecule has 0 fully saturated rings. The van der Waals surface area contributed by atoms with E-state index in [1.54, 1.807) is 42.2 Å². The standard InChI is InChI=1S/C14H22N2O3S/c1-4-15(5-2)14(17)12-16(6-3)20(18,19)13-10-8-7-9-11-13/h7-11H,4-6,12H2,1-3H3. The Morgan fingerprint density at radius 2 is 1.55 bits per heavy atom. The Balaban J connectivity index is 2.94. The van der Waals surface area contributed by atoms with E-state index >= 15 is 0 Å². The second-order valence-corrected chi connectivity index (χ2v) is 6.25. The third kappa shape index (κ3) is 3.80. The van der Waals surface area contributed by atoms with Crippen LogP contribution in [0, 0.1) is 0 Å². The van der Waals surface area contributed by atoms with Gasteiger partial charge in [-0.25, -0.2) is 8.42 Å². The van der Waals surface area contributed by atoms with Gasteiger partial charge < -0.3 is 4.90 Å². The minimum atomic E-state index is -3.61. The van der Waals surface area contributed by atoms with Crippen LogP contribution in [0.4, 0.5) is 0 Å². The number of carbonyl (C=O) groups excluding carboxylic acids is 1. The highest BCUT2D eigenvalue weighted by atomic mass is 32.2. The van der Waals surface area contributed by atoms with Gasteiger partial charge in [-0.1, -0.05) is 25.1 Å². The summed E-state index contributed by atoms with van der Waals surface area (Å²) in [5, 5.41) is 0. The van der Waals surface area contributed by atoms with Crippen molar-refractivity contribution in [1.82, 2.24) is 9.21 Å². The lowest BCUT2D eigenvalue weighted by Crippen LogP contribution is -2.42. The number of likely N-dealkylation sites (N-methyl/N-ethyl adjacent to an activating group) is 2. The molecular formula is C14H22N2O3S. The third-order valence-corrected chi connectivity index (χ3v) is 5.10. The SMILES string of the molecule is CCN(CC)C(=O)CN(CC)S(=O)(=O)c1ccccc1. The lowest BCUT2D eigenvalue weighted by molar-refractivity contribution is -0.131. The van der Waals surface area contributed by atoms with Gasteiger partial charge in [0.05, 0.1) is 11.4 Å². The molecule has 1 aromatic carbocycles. The first-order valence-corrected chi connectivity index (χ1v) is 8.24. The van der Waals surface area contributed by atoms with Crippen LogP contribution < -0.4 is 0 Å². The molecule has 0 spiro atoms. The third-order valence-electron chi connectivity index (χ3n) is 3.16. The molecule has 5 nitrogen and oxygen atoms in total. The van der Waals surface area contributed by atoms with Crippen LogP contribution in [0.25, 0.3) is 0 Å². The van der Waals surface area contributed by atoms with Crippen LogP contribution in [0.3, 0.4) is 0 Å². The quantitative estimate of drug-likeness (QED) is 0.767. The van der Waals surface area contributed by atoms with Crippen LogP contribution in [0.5, 0.6) is 0 Å². The monoisotopic (exact) mass is 298 g/mol. The summed E-state index contributed by atoms with van der Waals surface area (Å²) in [4.78, 5) is 13.9. The van der Waals surface area contributed by atoms with Crippen molar-refractivity contribution in [3.8, 4) is 0 Å². The van der Waals surface area contributed by atoms with Crippen molar-refractivity contribution < 1.29 is 13.2 Å². The molecular weight excluding hydrogens is 276 g/mol. The highest BCUT2D eigenvalue weighted by Gasteiger charge is 2.26. The topological polar surface area (TPSA) is 57.7 Å². The van der Waals surface area contributed by atoms with Crippen molar-refractivity contribution in [3.63, 3.8) is 0 Å². The van der Waals surface area contributed by atoms with Crippen molar-refractivity contribution in [2.75, 3.05) is 26.2 Å². The molecule has 1 rings (SSSR count). The average Bonchev–Trinajstić information content (AvgIpc) is 2.46. The zero-order valence-electron chi connectivity index (χ0n) is 12.2. The molecule has 1 amide bonds. The van der Waals surface area contributed by atoms with Gasteiger partial charge in [-0.2, -0.15) is 4.31 Å². The molecule has 0 aliphatic heterocycles. The van der Waals surface area contributed by atoms with Crippen LogP contribution in [0.2, 0.25) is 0 Å². The molecule has 112 valence electrons. The Bertz CT molecular complexity index is 525. The van der Waals surface area contributed by atoms with E-state index in [2.05, 4.69) is 0 Å². The predicted molar refractivity (Wildman–Crippen MR) is 78.8 cm³/mol. The number of benzene rings is 1. The molecule has 0 saturated carbocycles. The number of nitrogens with zero attached hydrogens (tertiary/aromatic N) is 2. The number of amides is 1. The van der Waals surface area contributed by atoms with Gasteiger partial charge in [-0.15, -0.1) is 0 Å². The van der Waals surface area contributed by atoms with Crippen molar-refractivity contribution in [1.29, 1.82) is 0 Å². The Morgan fingerprint density at radius 1 is 1.00 bits per heavy atom. The summed E-state index contributed by atoms with van der Waals surface area (Å²) in [7, 11) is -3.61. The first-order valence-electron chi connectivity index (χ1n) is 6.80. The fraction of sp³-hybridized carbons (Fsp3) is 0.500. The molecule has 0 aromatic heterocycles. The van der Waals surface area contributed by atoms with E-state index in [-0.39, 0.29) is 23.9 Å². The van der Waals surface area contributed by atoms with Crippen molar-refractivity contribution in [2.45, 2.75) is 25.7 Å². The smallest absolute Gasteiger partial charge is 0.243 e. The molecule has 0 atom stereocenters. The number of sulfonamides is 1. The molecule has 0 saturated heterocycles. The van der Waals surface area contributed by atoms with Crippen LogP contribution in [0.1, 0.15) is 20.8 Å². The van der Waals surface area contributed by atoms with Crippen LogP contribution in [-0.4, -0.2) is 49.7 Å². The van der Waals surface area contributed by atoms with Gasteiger partial charge in [0, 0.05) is 19.6 Å². The van der Waals surface area contributed by atoms with E-state index in [9.17, 15) is 13.2 Å². The van der Waals surface area contributed by atoms with Crippen LogP contribution in [-0.2, 0) is 14.8 Å². The molecule has 0 radical (unpaired) electrons. The number of hydrogen-bond donors (Lipinski definition) is 0. The molecule has 0 aliphatic rings. The van der Waals surface area contributed by atoms with E-state index in [0.29, 0.717) is 13.1 Å². The maximum atomic E-state index is 12.5. The van der Waals surface area contributed by atoms with E-state index in [4.69, 9.17) is 0 Å². The largest absolute Gasteiger partial charge is 0.342 e. The molecule has 0 unspecified atom stereocenters. The summed E-state index contributed by atoms with van der Waals surface area (Å²) >= 11 is 0. The first-order chi connectivity index (χ1) is 9.47. The average molecular weight is 298 g/mol. The van der Waals surface area contributed by atoms with E-state index < -0.39 is 10.0 Å². The molecule has 1 aromatic rings. The normalized spacial score (nSPS) is 11.6. The summed E-state index contributed by atoms with van der Waals surface area (Å²) in [6.45, 7) is 6.80. The molecule has 0 N–H and O–H groups in total. The summed E-state index contributed by atoms with van der Waals surface area (Å²) in [5.41, 5.74) is 0. The maximum absolute atomic E-state index is 12.5. The minimum Gasteiger partial charge on any atom is -0.342 e. The summed E-state index contributed by atoms with van der Waals surface area (Å²) in [5.74, 6) is -0.170. The van der Waals surface area contributed by atoms with Crippen molar-refractivity contribution in [2.24, 2.45) is 0 Å². The van der Waals surface area contributed by atoms with Crippen molar-refractivity contribution >= 4 is 15.9 Å². The Labute approximate surface area is 121 Å². The fourth-order valence-electron chi connectivity index (χ4n) is 1.94. The van der Waals surface area contributed by atoms with Gasteiger partial charge in [-0.05, 0) is 26.0 Å². The van der Waals surface area contributed by atoms with Gasteiger partial charge in [0.1, 0.15) is 0 Å². The Hall–Kier alpha value is -1.40. The van der Waals surface area contributed by atoms with Gasteiger partial charge in [0.2, 0.25) is 15.9 Å². The lowest BCUT2D eigenvalue weighted by atomic mass is 10.4. The van der Waals surface area contributed by atoms with Gasteiger partial charge in [-0.3, -0.25) is 4.79 Å². The zero-order valence-corrected chi connectivity index (χ0v) is 13.1. The highest BCUT2D eigenvalue weighted by Crippen LogP contribution is 2.14. The summed E-state index contributed by atoms with van der Waals surface area (Å²) in [6.07, 6.45) is 0. The van der Waals surface area contributed by atoms with Gasteiger partial charge in [0.25, 0.3) is 0 Å². The molecule has 0 bridgehead atoms. The number of carbonyl (C=O) groups is 1. The number of rotatable bonds is 7. The second kappa shape index (κ2) is 7.40. The van der Waals surface area contributed by atoms with Crippen LogP contribution >= 0.6 is 0 Å². The molecule has 0 aliphatic carbocycles. The molecule has 20 heavy (non-hydrogen) atoms. The second-order valence-electron chi connectivity index (χ2n) is 4.31. The van der Waals surface area contributed by atoms with Gasteiger partial charge in [0.15, 0.2) is 0 Å². The van der Waals surface area contributed by atoms with E-state index in [1.165, 1.54) is 4.31 Å². The zero-order chi connectivity index (χ0) is 15.2. The maximum Gasteiger partial charge on any atom is 0.243 e. The predicted octanol–water partition coefficient (Wildman–Crippen LogP) is 1.57. The van der Waals surface area contributed by atoms with E-state index in [1.807, 2.05) is 13.8 Å². The van der Waals surface area contributed by atoms with Crippen LogP contribution in [0.15, 0.2) is 35.2 Å². The Morgan fingerprint density at radius 3 is 2.00 bits per heavy atom. The Kier molecular flexibility index (Phi) is 6.16. The highest BCUT2D eigenvalue weighted by molar-refractivity contribution is 7.89. The molecule has 6 heteroatoms. The van der Waals surface area contributed by atoms with Gasteiger partial charge >= 0.3 is 0 Å². The lowest BCUT2D eigenvalue weighted by Gasteiger charge is -2.24. The first kappa shape index (κ1) is 16.7. The minimum absolute atomic E-state index is 0.116. The number of hydrogen-bond acceptors (Lipinski definition) is 3. The summed E-state index contributed by atoms with van der Waals surface area (Å²) in [6, 6.07) is 8.19. The summed E-state index contributed by atoms with van der Waals surface area (Å²) < 4.78 is 26.1. The van der Waals surface area contributed by atoms with E-state index in [0.717, 1.165) is 0 Å². The van der Waals surface area contributed by atoms with Crippen molar-refractivity contribution in [3.05, 3.63) is 30.3 Å². The molecule has 0 heterocycles. The fourth-order valence-corrected chi connectivity index (χ4v) is 3.35.